The SMILES string of the molecule is O=C(c1cccc(S(=O)(=O)N2CCOCC2)c1)N1CCN(c2ccccc2F)CC1. The highest BCUT2D eigenvalue weighted by Crippen LogP contribution is 2.22. The third-order valence-corrected chi connectivity index (χ3v) is 7.34. The van der Waals surface area contributed by atoms with Gasteiger partial charge in [-0.3, -0.25) is 4.79 Å². The van der Waals surface area contributed by atoms with Crippen molar-refractivity contribution in [1.82, 2.24) is 9.21 Å². The van der Waals surface area contributed by atoms with E-state index in [2.05, 4.69) is 0 Å². The molecule has 160 valence electrons. The predicted molar refractivity (Wildman–Crippen MR) is 111 cm³/mol. The molecule has 30 heavy (non-hydrogen) atoms. The van der Waals surface area contributed by atoms with Gasteiger partial charge in [0.1, 0.15) is 5.82 Å². The average molecular weight is 434 g/mol. The van der Waals surface area contributed by atoms with Gasteiger partial charge in [-0.05, 0) is 30.3 Å². The number of hydrogen-bond donors (Lipinski definition) is 0. The van der Waals surface area contributed by atoms with Gasteiger partial charge in [-0.15, -0.1) is 0 Å². The van der Waals surface area contributed by atoms with Gasteiger partial charge in [0.2, 0.25) is 10.0 Å². The van der Waals surface area contributed by atoms with E-state index in [-0.39, 0.29) is 16.6 Å². The molecule has 2 aromatic rings. The van der Waals surface area contributed by atoms with Crippen LogP contribution in [0.1, 0.15) is 10.4 Å². The molecule has 2 heterocycles. The monoisotopic (exact) mass is 433 g/mol. The Labute approximate surface area is 175 Å². The van der Waals surface area contributed by atoms with Crippen LogP contribution in [0.15, 0.2) is 53.4 Å². The first-order valence-corrected chi connectivity index (χ1v) is 11.4. The number of morpholine rings is 1. The molecule has 2 saturated heterocycles. The van der Waals surface area contributed by atoms with Crippen molar-refractivity contribution in [3.8, 4) is 0 Å². The number of anilines is 1. The van der Waals surface area contributed by atoms with Crippen LogP contribution in [0, 0.1) is 5.82 Å². The van der Waals surface area contributed by atoms with Gasteiger partial charge in [0.25, 0.3) is 5.91 Å². The van der Waals surface area contributed by atoms with Gasteiger partial charge in [-0.1, -0.05) is 18.2 Å². The van der Waals surface area contributed by atoms with Crippen LogP contribution in [0.4, 0.5) is 10.1 Å². The van der Waals surface area contributed by atoms with Gasteiger partial charge in [-0.25, -0.2) is 12.8 Å². The Balaban J connectivity index is 1.46. The fourth-order valence-electron chi connectivity index (χ4n) is 3.77. The topological polar surface area (TPSA) is 70.2 Å². The number of halogens is 1. The lowest BCUT2D eigenvalue weighted by Crippen LogP contribution is -2.49. The number of hydrogen-bond acceptors (Lipinski definition) is 5. The lowest BCUT2D eigenvalue weighted by molar-refractivity contribution is 0.0729. The summed E-state index contributed by atoms with van der Waals surface area (Å²) in [7, 11) is -3.67. The molecule has 0 atom stereocenters. The minimum Gasteiger partial charge on any atom is -0.379 e. The Morgan fingerprint density at radius 1 is 0.900 bits per heavy atom. The Hall–Kier alpha value is -2.49. The average Bonchev–Trinajstić information content (AvgIpc) is 2.80. The maximum Gasteiger partial charge on any atom is 0.254 e. The molecule has 2 fully saturated rings. The zero-order valence-electron chi connectivity index (χ0n) is 16.5. The summed E-state index contributed by atoms with van der Waals surface area (Å²) >= 11 is 0. The maximum absolute atomic E-state index is 14.0. The Morgan fingerprint density at radius 3 is 2.30 bits per heavy atom. The second-order valence-corrected chi connectivity index (χ2v) is 9.21. The number of para-hydroxylation sites is 1. The van der Waals surface area contributed by atoms with Crippen LogP contribution in [-0.4, -0.2) is 76.0 Å². The maximum atomic E-state index is 14.0. The zero-order chi connectivity index (χ0) is 21.1. The van der Waals surface area contributed by atoms with Crippen molar-refractivity contribution in [2.45, 2.75) is 4.90 Å². The summed E-state index contributed by atoms with van der Waals surface area (Å²) in [6.45, 7) is 3.24. The quantitative estimate of drug-likeness (QED) is 0.736. The van der Waals surface area contributed by atoms with E-state index >= 15 is 0 Å². The van der Waals surface area contributed by atoms with Gasteiger partial charge in [0, 0.05) is 44.8 Å². The van der Waals surface area contributed by atoms with Crippen molar-refractivity contribution < 1.29 is 22.3 Å². The molecule has 4 rings (SSSR count). The van der Waals surface area contributed by atoms with E-state index in [4.69, 9.17) is 4.74 Å². The van der Waals surface area contributed by atoms with E-state index in [1.165, 1.54) is 22.5 Å². The first kappa shape index (κ1) is 20.8. The summed E-state index contributed by atoms with van der Waals surface area (Å²) in [5.41, 5.74) is 0.867. The van der Waals surface area contributed by atoms with Crippen molar-refractivity contribution in [2.24, 2.45) is 0 Å². The predicted octanol–water partition coefficient (Wildman–Crippen LogP) is 1.81. The van der Waals surface area contributed by atoms with Gasteiger partial charge in [0.15, 0.2) is 0 Å². The summed E-state index contributed by atoms with van der Waals surface area (Å²) in [6, 6.07) is 12.8. The molecule has 0 aromatic heterocycles. The summed E-state index contributed by atoms with van der Waals surface area (Å²) in [5, 5.41) is 0. The van der Waals surface area contributed by atoms with Crippen LogP contribution in [0.25, 0.3) is 0 Å². The van der Waals surface area contributed by atoms with E-state index < -0.39 is 10.0 Å². The van der Waals surface area contributed by atoms with Crippen molar-refractivity contribution >= 4 is 21.6 Å². The van der Waals surface area contributed by atoms with E-state index in [0.717, 1.165) is 0 Å². The molecule has 0 N–H and O–H groups in total. The van der Waals surface area contributed by atoms with Crippen LogP contribution in [-0.2, 0) is 14.8 Å². The Kier molecular flexibility index (Phi) is 6.03. The van der Waals surface area contributed by atoms with E-state index in [1.54, 1.807) is 35.2 Å². The van der Waals surface area contributed by atoms with Crippen molar-refractivity contribution in [3.05, 3.63) is 59.9 Å². The lowest BCUT2D eigenvalue weighted by Gasteiger charge is -2.36. The molecular weight excluding hydrogens is 409 g/mol. The van der Waals surface area contributed by atoms with E-state index in [0.29, 0.717) is 63.7 Å². The number of benzene rings is 2. The first-order valence-electron chi connectivity index (χ1n) is 9.93. The summed E-state index contributed by atoms with van der Waals surface area (Å²) in [6.07, 6.45) is 0. The number of piperazine rings is 1. The highest BCUT2D eigenvalue weighted by molar-refractivity contribution is 7.89. The highest BCUT2D eigenvalue weighted by Gasteiger charge is 2.28. The number of ether oxygens (including phenoxy) is 1. The first-order chi connectivity index (χ1) is 14.5. The lowest BCUT2D eigenvalue weighted by atomic mass is 10.1. The van der Waals surface area contributed by atoms with Gasteiger partial charge >= 0.3 is 0 Å². The molecular formula is C21H24FN3O4S. The van der Waals surface area contributed by atoms with E-state index in [9.17, 15) is 17.6 Å². The molecule has 0 bridgehead atoms. The molecule has 7 nitrogen and oxygen atoms in total. The minimum atomic E-state index is -3.67. The van der Waals surface area contributed by atoms with Crippen molar-refractivity contribution in [2.75, 3.05) is 57.4 Å². The number of carbonyl (C=O) groups excluding carboxylic acids is 1. The Bertz CT molecular complexity index is 1020. The molecule has 0 aliphatic carbocycles. The fourth-order valence-corrected chi connectivity index (χ4v) is 5.22. The molecule has 0 radical (unpaired) electrons. The van der Waals surface area contributed by atoms with Crippen LogP contribution < -0.4 is 4.90 Å². The third kappa shape index (κ3) is 4.19. The third-order valence-electron chi connectivity index (χ3n) is 5.45. The summed E-state index contributed by atoms with van der Waals surface area (Å²) in [4.78, 5) is 16.7. The molecule has 0 spiro atoms. The second kappa shape index (κ2) is 8.71. The molecule has 0 saturated carbocycles. The summed E-state index contributed by atoms with van der Waals surface area (Å²) < 4.78 is 46.4. The van der Waals surface area contributed by atoms with Crippen LogP contribution >= 0.6 is 0 Å². The molecule has 0 unspecified atom stereocenters. The minimum absolute atomic E-state index is 0.111. The van der Waals surface area contributed by atoms with Crippen LogP contribution in [0.5, 0.6) is 0 Å². The number of rotatable bonds is 4. The molecule has 2 aliphatic heterocycles. The second-order valence-electron chi connectivity index (χ2n) is 7.27. The standard InChI is InChI=1S/C21H24FN3O4S/c22-19-6-1-2-7-20(19)23-8-10-24(11-9-23)21(26)17-4-3-5-18(16-17)30(27,28)25-12-14-29-15-13-25/h1-7,16H,8-15H2. The van der Waals surface area contributed by atoms with E-state index in [1.807, 2.05) is 4.90 Å². The molecule has 2 aliphatic rings. The largest absolute Gasteiger partial charge is 0.379 e. The number of sulfonamides is 1. The van der Waals surface area contributed by atoms with Crippen LogP contribution in [0.3, 0.4) is 0 Å². The fraction of sp³-hybridized carbons (Fsp3) is 0.381. The normalized spacial score (nSPS) is 18.4. The Morgan fingerprint density at radius 2 is 1.60 bits per heavy atom. The number of nitrogens with zero attached hydrogens (tertiary/aromatic N) is 3. The number of carbonyl (C=O) groups is 1. The van der Waals surface area contributed by atoms with Crippen molar-refractivity contribution in [1.29, 1.82) is 0 Å². The number of amides is 1. The molecule has 9 heteroatoms. The van der Waals surface area contributed by atoms with Crippen LogP contribution in [0.2, 0.25) is 0 Å². The molecule has 1 amide bonds. The van der Waals surface area contributed by atoms with Gasteiger partial charge in [0.05, 0.1) is 23.8 Å². The smallest absolute Gasteiger partial charge is 0.254 e. The molecule has 2 aromatic carbocycles. The van der Waals surface area contributed by atoms with Crippen molar-refractivity contribution in [3.63, 3.8) is 0 Å². The van der Waals surface area contributed by atoms with Gasteiger partial charge in [-0.2, -0.15) is 4.31 Å². The zero-order valence-corrected chi connectivity index (χ0v) is 17.4. The summed E-state index contributed by atoms with van der Waals surface area (Å²) in [5.74, 6) is -0.500. The highest BCUT2D eigenvalue weighted by atomic mass is 32.2. The van der Waals surface area contributed by atoms with Gasteiger partial charge < -0.3 is 14.5 Å².